The van der Waals surface area contributed by atoms with Crippen LogP contribution in [-0.2, 0) is 19.2 Å². The highest BCUT2D eigenvalue weighted by atomic mass is 16.2. The zero-order valence-corrected chi connectivity index (χ0v) is 29.8. The molecule has 10 nitrogen and oxygen atoms in total. The number of rotatable bonds is 13. The molecular weight excluding hydrogens is 592 g/mol. The van der Waals surface area contributed by atoms with Gasteiger partial charge in [-0.1, -0.05) is 80.2 Å². The van der Waals surface area contributed by atoms with Gasteiger partial charge in [0.1, 0.15) is 12.1 Å². The molecule has 10 heteroatoms. The summed E-state index contributed by atoms with van der Waals surface area (Å²) < 4.78 is 0. The van der Waals surface area contributed by atoms with Crippen molar-refractivity contribution in [2.24, 2.45) is 38.3 Å². The van der Waals surface area contributed by atoms with Crippen molar-refractivity contribution >= 4 is 29.8 Å². The lowest BCUT2D eigenvalue weighted by Gasteiger charge is -2.39. The topological polar surface area (TPSA) is 146 Å². The minimum atomic E-state index is -0.877. The number of likely N-dealkylation sites (tertiary alicyclic amines) is 1. The summed E-state index contributed by atoms with van der Waals surface area (Å²) in [4.78, 5) is 60.9. The number of ketones is 1. The maximum Gasteiger partial charge on any atom is 0.289 e. The molecule has 4 saturated carbocycles. The second-order valence-electron chi connectivity index (χ2n) is 16.9. The maximum atomic E-state index is 14.4. The van der Waals surface area contributed by atoms with Gasteiger partial charge in [0.15, 0.2) is 0 Å². The van der Waals surface area contributed by atoms with Gasteiger partial charge in [0.05, 0.1) is 18.4 Å². The molecule has 262 valence electrons. The van der Waals surface area contributed by atoms with Crippen molar-refractivity contribution in [1.29, 1.82) is 0 Å². The Bertz CT molecular complexity index is 1270. The molecule has 1 aliphatic heterocycles. The number of nitrogens with zero attached hydrogens (tertiary/aromatic N) is 2. The summed E-state index contributed by atoms with van der Waals surface area (Å²) in [5, 5.41) is 9.20. The highest BCUT2D eigenvalue weighted by Gasteiger charge is 2.85. The van der Waals surface area contributed by atoms with Crippen LogP contribution < -0.4 is 21.7 Å². The first-order chi connectivity index (χ1) is 22.1. The summed E-state index contributed by atoms with van der Waals surface area (Å²) in [6, 6.07) is -2.39. The fourth-order valence-corrected chi connectivity index (χ4v) is 9.72. The number of fused-ring (bicyclic) bond motifs is 1. The molecule has 3 amide bonds. The van der Waals surface area contributed by atoms with E-state index in [1.807, 2.05) is 27.7 Å². The first kappa shape index (κ1) is 35.4. The minimum Gasteiger partial charge on any atom is -0.390 e. The minimum absolute atomic E-state index is 0.0598. The van der Waals surface area contributed by atoms with Crippen LogP contribution in [0.1, 0.15) is 125 Å². The number of aliphatic imine (C=N–C) groups is 1. The van der Waals surface area contributed by atoms with Crippen LogP contribution in [0.2, 0.25) is 0 Å². The van der Waals surface area contributed by atoms with Crippen molar-refractivity contribution in [3.05, 3.63) is 12.3 Å². The smallest absolute Gasteiger partial charge is 0.289 e. The van der Waals surface area contributed by atoms with Gasteiger partial charge in [0, 0.05) is 23.7 Å². The Hall–Kier alpha value is -2.91. The third-order valence-electron chi connectivity index (χ3n) is 12.9. The molecular formula is C37H60N6O4. The van der Waals surface area contributed by atoms with E-state index in [0.717, 1.165) is 57.1 Å². The number of Topliss-reactive ketones (excluding diaryl/α,β-unsaturated/α-hetero) is 1. The summed E-state index contributed by atoms with van der Waals surface area (Å²) in [5.74, 6) is -1.42. The zero-order chi connectivity index (χ0) is 34.4. The third kappa shape index (κ3) is 6.34. The predicted octanol–water partition coefficient (Wildman–Crippen LogP) is 4.37. The van der Waals surface area contributed by atoms with Crippen molar-refractivity contribution in [3.63, 3.8) is 0 Å². The highest BCUT2D eigenvalue weighted by molar-refractivity contribution is 6.38. The van der Waals surface area contributed by atoms with Gasteiger partial charge < -0.3 is 26.6 Å². The molecule has 47 heavy (non-hydrogen) atoms. The molecule has 0 bridgehead atoms. The van der Waals surface area contributed by atoms with Crippen molar-refractivity contribution in [1.82, 2.24) is 20.9 Å². The Morgan fingerprint density at radius 1 is 1.00 bits per heavy atom. The molecule has 0 radical (unpaired) electrons. The van der Waals surface area contributed by atoms with Crippen LogP contribution in [0.3, 0.4) is 0 Å². The van der Waals surface area contributed by atoms with E-state index in [1.165, 1.54) is 19.2 Å². The van der Waals surface area contributed by atoms with E-state index >= 15 is 0 Å². The number of amides is 3. The number of carbonyl (C=O) groups is 4. The van der Waals surface area contributed by atoms with Gasteiger partial charge in [-0.05, 0) is 73.5 Å². The number of nitrogens with one attached hydrogen (secondary N) is 3. The van der Waals surface area contributed by atoms with Gasteiger partial charge in [-0.2, -0.15) is 0 Å². The zero-order valence-electron chi connectivity index (χ0n) is 29.8. The summed E-state index contributed by atoms with van der Waals surface area (Å²) in [7, 11) is 0. The van der Waals surface area contributed by atoms with E-state index in [1.54, 1.807) is 0 Å². The van der Waals surface area contributed by atoms with Gasteiger partial charge in [0.25, 0.3) is 5.91 Å². The average molecular weight is 653 g/mol. The van der Waals surface area contributed by atoms with Gasteiger partial charge in [-0.15, -0.1) is 0 Å². The third-order valence-corrected chi connectivity index (χ3v) is 12.9. The van der Waals surface area contributed by atoms with Crippen molar-refractivity contribution in [2.45, 2.75) is 155 Å². The van der Waals surface area contributed by atoms with Crippen molar-refractivity contribution < 1.29 is 19.2 Å². The lowest BCUT2D eigenvalue weighted by molar-refractivity contribution is -0.140. The van der Waals surface area contributed by atoms with Gasteiger partial charge in [0.2, 0.25) is 17.6 Å². The molecule has 5 N–H and O–H groups in total. The van der Waals surface area contributed by atoms with Crippen LogP contribution in [-0.4, -0.2) is 71.5 Å². The SMILES string of the molecule is C=C([C@@H](NC(=O)C(N=CN)C(C)(C)C)C1CCCCC1)N1C[C@]2(C[C@H]1C(=O)N[C@@H](CCC)C(=O)C(=O)NC1CC1)C(C)(C)C21CCC1. The Balaban J connectivity index is 1.44. The molecule has 5 aliphatic rings. The molecule has 0 aromatic rings. The summed E-state index contributed by atoms with van der Waals surface area (Å²) in [6.07, 6.45) is 13.5. The van der Waals surface area contributed by atoms with E-state index in [2.05, 4.69) is 46.3 Å². The molecule has 5 fully saturated rings. The Morgan fingerprint density at radius 3 is 2.17 bits per heavy atom. The summed E-state index contributed by atoms with van der Waals surface area (Å²) >= 11 is 0. The van der Waals surface area contributed by atoms with E-state index < -0.39 is 35.2 Å². The fraction of sp³-hybridized carbons (Fsp3) is 0.811. The van der Waals surface area contributed by atoms with Crippen LogP contribution in [0.15, 0.2) is 17.3 Å². The number of hydrogen-bond donors (Lipinski definition) is 4. The fourth-order valence-electron chi connectivity index (χ4n) is 9.72. The Morgan fingerprint density at radius 2 is 1.66 bits per heavy atom. The summed E-state index contributed by atoms with van der Waals surface area (Å²) in [5.41, 5.74) is 6.19. The van der Waals surface area contributed by atoms with E-state index in [0.29, 0.717) is 25.8 Å². The van der Waals surface area contributed by atoms with Crippen molar-refractivity contribution in [3.8, 4) is 0 Å². The lowest BCUT2D eigenvalue weighted by Crippen LogP contribution is -2.55. The van der Waals surface area contributed by atoms with E-state index in [-0.39, 0.29) is 46.1 Å². The van der Waals surface area contributed by atoms with E-state index in [4.69, 9.17) is 5.73 Å². The standard InChI is InChI=1S/C37H60N6O4/c1-8-13-26(29(44)32(46)40-25-16-17-25)41-31(45)27-20-37(35(6,7)36(37)18-12-19-36)21-43(27)23(2)28(24-14-10-9-11-15-24)42-33(47)30(39-22-38)34(3,4)5/h22,24-28,30H,2,8-21H2,1,3-7H3,(H2,38,39)(H,40,46)(H,41,45)(H,42,47)/t26-,27-,28+,30?,37+/m0/s1. The molecule has 0 aromatic carbocycles. The number of hydrogen-bond acceptors (Lipinski definition) is 6. The molecule has 0 aromatic heterocycles. The van der Waals surface area contributed by atoms with Crippen molar-refractivity contribution in [2.75, 3.05) is 6.54 Å². The summed E-state index contributed by atoms with van der Waals surface area (Å²) in [6.45, 7) is 17.9. The second-order valence-corrected chi connectivity index (χ2v) is 16.9. The van der Waals surface area contributed by atoms with Crippen LogP contribution in [0.25, 0.3) is 0 Å². The molecule has 1 saturated heterocycles. The second kappa shape index (κ2) is 13.2. The molecule has 5 atom stereocenters. The lowest BCUT2D eigenvalue weighted by atomic mass is 9.73. The molecule has 2 spiro atoms. The normalized spacial score (nSPS) is 28.4. The molecule has 1 heterocycles. The first-order valence-electron chi connectivity index (χ1n) is 18.3. The van der Waals surface area contributed by atoms with E-state index in [9.17, 15) is 19.2 Å². The largest absolute Gasteiger partial charge is 0.390 e. The predicted molar refractivity (Wildman–Crippen MR) is 184 cm³/mol. The maximum absolute atomic E-state index is 14.4. The van der Waals surface area contributed by atoms with Gasteiger partial charge in [-0.25, -0.2) is 0 Å². The van der Waals surface area contributed by atoms with Crippen LogP contribution >= 0.6 is 0 Å². The average Bonchev–Trinajstić information content (AvgIpc) is 3.82. The molecule has 4 aliphatic carbocycles. The monoisotopic (exact) mass is 652 g/mol. The Kier molecular flexibility index (Phi) is 9.93. The number of carbonyl (C=O) groups excluding carboxylic acids is 4. The van der Waals surface area contributed by atoms with Crippen LogP contribution in [0, 0.1) is 27.6 Å². The highest BCUT2D eigenvalue weighted by Crippen LogP contribution is 2.88. The quantitative estimate of drug-likeness (QED) is 0.132. The Labute approximate surface area is 281 Å². The first-order valence-corrected chi connectivity index (χ1v) is 18.3. The van der Waals surface area contributed by atoms with Gasteiger partial charge in [-0.3, -0.25) is 24.2 Å². The number of nitrogens with two attached hydrogens (primary N) is 1. The molecule has 5 rings (SSSR count). The van der Waals surface area contributed by atoms with Gasteiger partial charge >= 0.3 is 0 Å². The molecule has 1 unspecified atom stereocenters. The van der Waals surface area contributed by atoms with Crippen LogP contribution in [0.5, 0.6) is 0 Å². The van der Waals surface area contributed by atoms with Crippen LogP contribution in [0.4, 0.5) is 0 Å².